The van der Waals surface area contributed by atoms with Crippen molar-refractivity contribution in [3.05, 3.63) is 12.5 Å². The Morgan fingerprint density at radius 1 is 0.881 bits per heavy atom. The summed E-state index contributed by atoms with van der Waals surface area (Å²) >= 11 is 0. The van der Waals surface area contributed by atoms with E-state index in [1.807, 2.05) is 18.4 Å². The molecule has 42 heavy (non-hydrogen) atoms. The molecular weight excluding hydrogens is 532 g/mol. The number of rotatable bonds is 24. The molecule has 10 heteroatoms. The van der Waals surface area contributed by atoms with E-state index in [9.17, 15) is 9.59 Å². The summed E-state index contributed by atoms with van der Waals surface area (Å²) in [6.45, 7) is 7.02. The number of aryl methyl sites for hydroxylation is 1. The number of aromatic nitrogens is 4. The highest BCUT2D eigenvalue weighted by Crippen LogP contribution is 2.16. The standard InChI is InChI=1S/C32H56N6O4/c1-4-6-7-8-9-10-11-12-13-14-15-16-17-18-28(39)41-22-26(23-42-31(40)29(33)25(3)5-2)19-20-38-24-36-27-21-35-32(34)37-30(27)38/h21,24-26,29H,4-20,22-23,33H2,1-3H3,(H2,34,35,37)/t25?,26?,29-/m0/s1. The van der Waals surface area contributed by atoms with E-state index in [0.29, 0.717) is 30.6 Å². The molecular formula is C32H56N6O4. The molecule has 0 saturated carbocycles. The molecule has 3 atom stereocenters. The molecule has 0 bridgehead atoms. The minimum Gasteiger partial charge on any atom is -0.465 e. The molecule has 2 unspecified atom stereocenters. The number of carbonyl (C=O) groups is 2. The summed E-state index contributed by atoms with van der Waals surface area (Å²) in [4.78, 5) is 37.5. The Morgan fingerprint density at radius 3 is 2.10 bits per heavy atom. The third-order valence-corrected chi connectivity index (χ3v) is 8.11. The van der Waals surface area contributed by atoms with Crippen molar-refractivity contribution in [3.8, 4) is 0 Å². The zero-order valence-electron chi connectivity index (χ0n) is 26.4. The van der Waals surface area contributed by atoms with E-state index in [-0.39, 0.29) is 37.0 Å². The first-order valence-corrected chi connectivity index (χ1v) is 16.4. The summed E-state index contributed by atoms with van der Waals surface area (Å²) < 4.78 is 13.0. The summed E-state index contributed by atoms with van der Waals surface area (Å²) in [5, 5.41) is 0. The van der Waals surface area contributed by atoms with E-state index in [4.69, 9.17) is 20.9 Å². The molecule has 238 valence electrons. The summed E-state index contributed by atoms with van der Waals surface area (Å²) in [6.07, 6.45) is 21.4. The molecule has 0 fully saturated rings. The monoisotopic (exact) mass is 588 g/mol. The van der Waals surface area contributed by atoms with Gasteiger partial charge in [-0.2, -0.15) is 4.98 Å². The van der Waals surface area contributed by atoms with Gasteiger partial charge in [-0.15, -0.1) is 0 Å². The van der Waals surface area contributed by atoms with Crippen LogP contribution in [0.15, 0.2) is 12.5 Å². The first-order chi connectivity index (χ1) is 20.3. The smallest absolute Gasteiger partial charge is 0.323 e. The van der Waals surface area contributed by atoms with E-state index in [0.717, 1.165) is 25.7 Å². The van der Waals surface area contributed by atoms with Gasteiger partial charge in [-0.1, -0.05) is 104 Å². The van der Waals surface area contributed by atoms with Crippen molar-refractivity contribution in [2.24, 2.45) is 17.6 Å². The van der Waals surface area contributed by atoms with Crippen LogP contribution in [0, 0.1) is 11.8 Å². The lowest BCUT2D eigenvalue weighted by atomic mass is 10.0. The fourth-order valence-corrected chi connectivity index (χ4v) is 4.92. The second-order valence-corrected chi connectivity index (χ2v) is 11.7. The third kappa shape index (κ3) is 13.9. The van der Waals surface area contributed by atoms with Crippen LogP contribution in [-0.4, -0.2) is 50.7 Å². The number of hydrogen-bond acceptors (Lipinski definition) is 9. The Morgan fingerprint density at radius 2 is 1.48 bits per heavy atom. The van der Waals surface area contributed by atoms with Crippen LogP contribution in [0.5, 0.6) is 0 Å². The number of nitrogens with zero attached hydrogens (tertiary/aromatic N) is 4. The fourth-order valence-electron chi connectivity index (χ4n) is 4.92. The van der Waals surface area contributed by atoms with Gasteiger partial charge < -0.3 is 25.5 Å². The van der Waals surface area contributed by atoms with Gasteiger partial charge in [0.15, 0.2) is 5.65 Å². The normalized spacial score (nSPS) is 13.6. The number of ether oxygens (including phenoxy) is 2. The Kier molecular flexibility index (Phi) is 17.7. The molecule has 0 spiro atoms. The topological polar surface area (TPSA) is 148 Å². The summed E-state index contributed by atoms with van der Waals surface area (Å²) in [5.74, 6) is -0.627. The van der Waals surface area contributed by atoms with Gasteiger partial charge in [0.1, 0.15) is 11.6 Å². The van der Waals surface area contributed by atoms with Crippen LogP contribution in [0.2, 0.25) is 0 Å². The maximum absolute atomic E-state index is 12.5. The minimum atomic E-state index is -0.675. The SMILES string of the molecule is CCCCCCCCCCCCCCCC(=O)OCC(CCn1cnc2cnc(N)nc21)COC(=O)[C@@H](N)C(C)CC. The number of hydrogen-bond donors (Lipinski definition) is 2. The highest BCUT2D eigenvalue weighted by molar-refractivity contribution is 5.75. The Balaban J connectivity index is 1.70. The largest absolute Gasteiger partial charge is 0.465 e. The van der Waals surface area contributed by atoms with Gasteiger partial charge in [0.2, 0.25) is 5.95 Å². The van der Waals surface area contributed by atoms with Gasteiger partial charge in [-0.05, 0) is 18.8 Å². The van der Waals surface area contributed by atoms with Crippen LogP contribution in [0.4, 0.5) is 5.95 Å². The molecule has 0 aliphatic heterocycles. The molecule has 0 aromatic carbocycles. The van der Waals surface area contributed by atoms with Crippen molar-refractivity contribution in [2.45, 2.75) is 136 Å². The van der Waals surface area contributed by atoms with E-state index >= 15 is 0 Å². The van der Waals surface area contributed by atoms with Crippen LogP contribution in [0.3, 0.4) is 0 Å². The number of fused-ring (bicyclic) bond motifs is 1. The van der Waals surface area contributed by atoms with Gasteiger partial charge in [0, 0.05) is 18.9 Å². The quantitative estimate of drug-likeness (QED) is 0.106. The Hall–Kier alpha value is -2.75. The summed E-state index contributed by atoms with van der Waals surface area (Å²) in [6, 6.07) is -0.675. The lowest BCUT2D eigenvalue weighted by Gasteiger charge is -2.21. The number of carbonyl (C=O) groups excluding carboxylic acids is 2. The van der Waals surface area contributed by atoms with Crippen molar-refractivity contribution in [1.82, 2.24) is 19.5 Å². The Labute approximate surface area is 252 Å². The van der Waals surface area contributed by atoms with Crippen molar-refractivity contribution in [2.75, 3.05) is 18.9 Å². The molecule has 0 aliphatic rings. The number of nitrogen functional groups attached to an aromatic ring is 1. The zero-order valence-corrected chi connectivity index (χ0v) is 26.4. The van der Waals surface area contributed by atoms with Gasteiger partial charge in [-0.3, -0.25) is 9.59 Å². The molecule has 0 radical (unpaired) electrons. The molecule has 10 nitrogen and oxygen atoms in total. The molecule has 0 saturated heterocycles. The first-order valence-electron chi connectivity index (χ1n) is 16.4. The van der Waals surface area contributed by atoms with E-state index in [1.165, 1.54) is 64.2 Å². The van der Waals surface area contributed by atoms with Gasteiger partial charge in [-0.25, -0.2) is 9.97 Å². The summed E-state index contributed by atoms with van der Waals surface area (Å²) in [5.41, 5.74) is 13.1. The van der Waals surface area contributed by atoms with E-state index < -0.39 is 12.0 Å². The highest BCUT2D eigenvalue weighted by Gasteiger charge is 2.23. The van der Waals surface area contributed by atoms with Gasteiger partial charge in [0.05, 0.1) is 25.7 Å². The first kappa shape index (κ1) is 35.4. The van der Waals surface area contributed by atoms with Crippen LogP contribution >= 0.6 is 0 Å². The zero-order chi connectivity index (χ0) is 30.6. The van der Waals surface area contributed by atoms with Crippen LogP contribution < -0.4 is 11.5 Å². The molecule has 2 rings (SSSR count). The predicted octanol–water partition coefficient (Wildman–Crippen LogP) is 6.36. The minimum absolute atomic E-state index is 0.0246. The average Bonchev–Trinajstić information content (AvgIpc) is 3.39. The lowest BCUT2D eigenvalue weighted by molar-refractivity contribution is -0.151. The van der Waals surface area contributed by atoms with Crippen molar-refractivity contribution < 1.29 is 19.1 Å². The van der Waals surface area contributed by atoms with Gasteiger partial charge >= 0.3 is 11.9 Å². The summed E-state index contributed by atoms with van der Waals surface area (Å²) in [7, 11) is 0. The van der Waals surface area contributed by atoms with Crippen molar-refractivity contribution in [3.63, 3.8) is 0 Å². The second-order valence-electron chi connectivity index (χ2n) is 11.7. The van der Waals surface area contributed by atoms with Crippen molar-refractivity contribution >= 4 is 29.1 Å². The van der Waals surface area contributed by atoms with Crippen molar-refractivity contribution in [1.29, 1.82) is 0 Å². The lowest BCUT2D eigenvalue weighted by Crippen LogP contribution is -2.39. The third-order valence-electron chi connectivity index (χ3n) is 8.11. The molecule has 0 amide bonds. The number of nitrogens with two attached hydrogens (primary N) is 2. The van der Waals surface area contributed by atoms with Gasteiger partial charge in [0.25, 0.3) is 0 Å². The highest BCUT2D eigenvalue weighted by atomic mass is 16.5. The molecule has 4 N–H and O–H groups in total. The van der Waals surface area contributed by atoms with E-state index in [2.05, 4.69) is 21.9 Å². The van der Waals surface area contributed by atoms with Crippen LogP contribution in [0.1, 0.15) is 124 Å². The van der Waals surface area contributed by atoms with Crippen LogP contribution in [0.25, 0.3) is 11.2 Å². The van der Waals surface area contributed by atoms with E-state index in [1.54, 1.807) is 12.5 Å². The molecule has 2 aromatic heterocycles. The Bertz CT molecular complexity index is 1030. The maximum Gasteiger partial charge on any atom is 0.323 e. The second kappa shape index (κ2) is 21.0. The molecule has 2 heterocycles. The molecule has 2 aromatic rings. The van der Waals surface area contributed by atoms with Crippen LogP contribution in [-0.2, 0) is 25.6 Å². The predicted molar refractivity (Wildman–Crippen MR) is 168 cm³/mol. The maximum atomic E-state index is 12.5. The fraction of sp³-hybridized carbons (Fsp3) is 0.781. The number of anilines is 1. The molecule has 0 aliphatic carbocycles. The number of unbranched alkanes of at least 4 members (excludes halogenated alkanes) is 12. The number of esters is 2. The average molecular weight is 589 g/mol. The number of imidazole rings is 1.